The van der Waals surface area contributed by atoms with Crippen LogP contribution >= 0.6 is 12.2 Å². The smallest absolute Gasteiger partial charge is 0.338 e. The van der Waals surface area contributed by atoms with Crippen LogP contribution in [0.2, 0.25) is 0 Å². The fraction of sp³-hybridized carbons (Fsp3) is 0.542. The maximum atomic E-state index is 12.9. The van der Waals surface area contributed by atoms with Gasteiger partial charge in [0.25, 0.3) is 0 Å². The topological polar surface area (TPSA) is 82.7 Å². The second-order valence-corrected chi connectivity index (χ2v) is 9.02. The quantitative estimate of drug-likeness (QED) is 0.426. The molecule has 1 aliphatic heterocycles. The predicted octanol–water partition coefficient (Wildman–Crippen LogP) is 4.62. The average Bonchev–Trinajstić information content (AvgIpc) is 2.74. The number of nitrogens with one attached hydrogen (secondary N) is 3. The summed E-state index contributed by atoms with van der Waals surface area (Å²) < 4.78 is 5.52. The molecule has 1 aromatic rings. The second kappa shape index (κ2) is 10.8. The van der Waals surface area contributed by atoms with E-state index in [0.29, 0.717) is 22.9 Å². The van der Waals surface area contributed by atoms with E-state index in [9.17, 15) is 9.59 Å². The molecule has 1 aromatic carbocycles. The maximum absolute atomic E-state index is 12.9. The molecule has 0 bridgehead atoms. The highest BCUT2D eigenvalue weighted by Gasteiger charge is 2.34. The Morgan fingerprint density at radius 2 is 1.84 bits per heavy atom. The summed E-state index contributed by atoms with van der Waals surface area (Å²) in [6, 6.07) is 7.13. The van der Waals surface area contributed by atoms with Crippen molar-refractivity contribution < 1.29 is 14.3 Å². The summed E-state index contributed by atoms with van der Waals surface area (Å²) in [6.07, 6.45) is 5.43. The normalized spacial score (nSPS) is 19.6. The molecule has 3 N–H and O–H groups in total. The first-order valence-electron chi connectivity index (χ1n) is 11.5. The number of benzene rings is 1. The van der Waals surface area contributed by atoms with Gasteiger partial charge in [0.2, 0.25) is 0 Å². The SMILES string of the molecule is CCN1C(=S)N[C@H](c2ccc(NC(=O)NC3CCCCC3)cc2)C(C(=O)OC(C)C)=C1C. The van der Waals surface area contributed by atoms with E-state index in [2.05, 4.69) is 16.0 Å². The predicted molar refractivity (Wildman–Crippen MR) is 130 cm³/mol. The highest BCUT2D eigenvalue weighted by atomic mass is 32.1. The van der Waals surface area contributed by atoms with E-state index in [-0.39, 0.29) is 24.1 Å². The first kappa shape index (κ1) is 24.0. The molecule has 2 amide bonds. The fourth-order valence-corrected chi connectivity index (χ4v) is 4.70. The van der Waals surface area contributed by atoms with E-state index >= 15 is 0 Å². The molecule has 0 radical (unpaired) electrons. The zero-order chi connectivity index (χ0) is 23.3. The Kier molecular flexibility index (Phi) is 8.12. The molecule has 0 spiro atoms. The van der Waals surface area contributed by atoms with Crippen LogP contribution in [0.5, 0.6) is 0 Å². The van der Waals surface area contributed by atoms with Crippen molar-refractivity contribution in [3.63, 3.8) is 0 Å². The summed E-state index contributed by atoms with van der Waals surface area (Å²) >= 11 is 5.53. The van der Waals surface area contributed by atoms with E-state index in [4.69, 9.17) is 17.0 Å². The maximum Gasteiger partial charge on any atom is 0.338 e. The third kappa shape index (κ3) is 5.79. The van der Waals surface area contributed by atoms with Gasteiger partial charge in [-0.15, -0.1) is 0 Å². The van der Waals surface area contributed by atoms with E-state index in [0.717, 1.165) is 24.1 Å². The second-order valence-electron chi connectivity index (χ2n) is 8.64. The van der Waals surface area contributed by atoms with Crippen molar-refractivity contribution in [2.75, 3.05) is 11.9 Å². The van der Waals surface area contributed by atoms with Gasteiger partial charge in [0.05, 0.1) is 17.7 Å². The number of urea groups is 1. The van der Waals surface area contributed by atoms with E-state index in [1.54, 1.807) is 0 Å². The van der Waals surface area contributed by atoms with Crippen LogP contribution < -0.4 is 16.0 Å². The zero-order valence-electron chi connectivity index (χ0n) is 19.4. The van der Waals surface area contributed by atoms with Crippen LogP contribution in [0.3, 0.4) is 0 Å². The minimum absolute atomic E-state index is 0.183. The Bertz CT molecular complexity index is 876. The molecule has 1 atom stereocenters. The number of hydrogen-bond donors (Lipinski definition) is 3. The van der Waals surface area contributed by atoms with Crippen molar-refractivity contribution in [1.29, 1.82) is 0 Å². The Hall–Kier alpha value is -2.61. The molecule has 0 saturated heterocycles. The standard InChI is InChI=1S/C24H34N4O3S/c1-5-28-16(4)20(22(29)31-15(2)3)21(27-24(28)32)17-11-13-19(14-12-17)26-23(30)25-18-9-7-6-8-10-18/h11-15,18,21H,5-10H2,1-4H3,(H,27,32)(H2,25,26,30)/t21-/m1/s1. The number of hydrogen-bond acceptors (Lipinski definition) is 4. The Balaban J connectivity index is 1.76. The number of nitrogens with zero attached hydrogens (tertiary/aromatic N) is 1. The lowest BCUT2D eigenvalue weighted by Crippen LogP contribution is -2.47. The third-order valence-corrected chi connectivity index (χ3v) is 6.26. The third-order valence-electron chi connectivity index (χ3n) is 5.92. The van der Waals surface area contributed by atoms with Crippen LogP contribution in [0.25, 0.3) is 0 Å². The van der Waals surface area contributed by atoms with Gasteiger partial charge in [-0.25, -0.2) is 9.59 Å². The number of rotatable bonds is 6. The van der Waals surface area contributed by atoms with Crippen molar-refractivity contribution in [1.82, 2.24) is 15.5 Å². The highest BCUT2D eigenvalue weighted by Crippen LogP contribution is 2.32. The first-order chi connectivity index (χ1) is 15.3. The molecule has 2 aliphatic rings. The van der Waals surface area contributed by atoms with Crippen LogP contribution in [0.15, 0.2) is 35.5 Å². The van der Waals surface area contributed by atoms with Crippen molar-refractivity contribution in [3.8, 4) is 0 Å². The number of ether oxygens (including phenoxy) is 1. The van der Waals surface area contributed by atoms with Gasteiger partial charge in [0.15, 0.2) is 5.11 Å². The molecule has 1 fully saturated rings. The largest absolute Gasteiger partial charge is 0.459 e. The van der Waals surface area contributed by atoms with Crippen LogP contribution in [0.4, 0.5) is 10.5 Å². The summed E-state index contributed by atoms with van der Waals surface area (Å²) in [4.78, 5) is 27.2. The lowest BCUT2D eigenvalue weighted by Gasteiger charge is -2.37. The number of carbonyl (C=O) groups excluding carboxylic acids is 2. The summed E-state index contributed by atoms with van der Waals surface area (Å²) in [6.45, 7) is 8.20. The molecule has 0 unspecified atom stereocenters. The van der Waals surface area contributed by atoms with Gasteiger partial charge in [-0.2, -0.15) is 0 Å². The van der Waals surface area contributed by atoms with Crippen molar-refractivity contribution in [3.05, 3.63) is 41.1 Å². The van der Waals surface area contributed by atoms with Crippen molar-refractivity contribution in [2.45, 2.75) is 78.0 Å². The van der Waals surface area contributed by atoms with Gasteiger partial charge < -0.3 is 25.6 Å². The molecule has 1 heterocycles. The first-order valence-corrected chi connectivity index (χ1v) is 11.9. The monoisotopic (exact) mass is 458 g/mol. The van der Waals surface area contributed by atoms with Crippen LogP contribution in [0.1, 0.15) is 71.4 Å². The van der Waals surface area contributed by atoms with E-state index in [1.807, 2.05) is 56.9 Å². The molecule has 1 aliphatic carbocycles. The molecule has 3 rings (SSSR count). The Morgan fingerprint density at radius 1 is 1.19 bits per heavy atom. The summed E-state index contributed by atoms with van der Waals surface area (Å²) in [5, 5.41) is 9.82. The van der Waals surface area contributed by atoms with Gasteiger partial charge in [-0.05, 0) is 70.5 Å². The molecule has 0 aromatic heterocycles. The van der Waals surface area contributed by atoms with Gasteiger partial charge >= 0.3 is 12.0 Å². The number of anilines is 1. The minimum Gasteiger partial charge on any atom is -0.459 e. The van der Waals surface area contributed by atoms with Crippen LogP contribution in [-0.4, -0.2) is 40.7 Å². The number of carbonyl (C=O) groups is 2. The van der Waals surface area contributed by atoms with E-state index < -0.39 is 6.04 Å². The average molecular weight is 459 g/mol. The zero-order valence-corrected chi connectivity index (χ0v) is 20.2. The highest BCUT2D eigenvalue weighted by molar-refractivity contribution is 7.80. The van der Waals surface area contributed by atoms with E-state index in [1.165, 1.54) is 19.3 Å². The van der Waals surface area contributed by atoms with Gasteiger partial charge in [0.1, 0.15) is 0 Å². The Labute approximate surface area is 196 Å². The van der Waals surface area contributed by atoms with Gasteiger partial charge in [-0.3, -0.25) is 0 Å². The lowest BCUT2D eigenvalue weighted by molar-refractivity contribution is -0.143. The summed E-state index contributed by atoms with van der Waals surface area (Å²) in [7, 11) is 0. The van der Waals surface area contributed by atoms with Crippen molar-refractivity contribution >= 4 is 35.0 Å². The van der Waals surface area contributed by atoms with Crippen molar-refractivity contribution in [2.24, 2.45) is 0 Å². The number of thiocarbonyl (C=S) groups is 1. The summed E-state index contributed by atoms with van der Waals surface area (Å²) in [5.74, 6) is -0.356. The van der Waals surface area contributed by atoms with Gasteiger partial charge in [-0.1, -0.05) is 31.4 Å². The lowest BCUT2D eigenvalue weighted by atomic mass is 9.94. The summed E-state index contributed by atoms with van der Waals surface area (Å²) in [5.41, 5.74) is 2.91. The minimum atomic E-state index is -0.415. The number of allylic oxidation sites excluding steroid dienone is 1. The molecule has 7 nitrogen and oxygen atoms in total. The van der Waals surface area contributed by atoms with Crippen LogP contribution in [-0.2, 0) is 9.53 Å². The van der Waals surface area contributed by atoms with Gasteiger partial charge in [0, 0.05) is 24.0 Å². The molecule has 32 heavy (non-hydrogen) atoms. The molecule has 8 heteroatoms. The molecular formula is C24H34N4O3S. The fourth-order valence-electron chi connectivity index (χ4n) is 4.31. The Morgan fingerprint density at radius 3 is 2.44 bits per heavy atom. The molecule has 1 saturated carbocycles. The molecule has 174 valence electrons. The number of amides is 2. The number of esters is 1. The van der Waals surface area contributed by atoms with Crippen LogP contribution in [0, 0.1) is 0 Å². The molecular weight excluding hydrogens is 424 g/mol.